The number of hydrogen-bond donors (Lipinski definition) is 1. The Morgan fingerprint density at radius 2 is 1.87 bits per heavy atom. The van der Waals surface area contributed by atoms with Crippen molar-refractivity contribution in [3.63, 3.8) is 0 Å². The Bertz CT molecular complexity index is 952. The van der Waals surface area contributed by atoms with Crippen LogP contribution in [0.25, 0.3) is 0 Å². The number of carbonyl (C=O) groups is 1. The monoisotopic (exact) mass is 435 g/mol. The molecule has 4 fully saturated rings. The highest BCUT2D eigenvalue weighted by atomic mass is 32.2. The van der Waals surface area contributed by atoms with Crippen LogP contribution in [0.2, 0.25) is 0 Å². The van der Waals surface area contributed by atoms with Crippen LogP contribution in [-0.2, 0) is 10.0 Å². The lowest BCUT2D eigenvalue weighted by molar-refractivity contribution is -0.0261. The molecule has 1 aromatic carbocycles. The van der Waals surface area contributed by atoms with Crippen LogP contribution in [0, 0.1) is 35.4 Å². The predicted molar refractivity (Wildman–Crippen MR) is 111 cm³/mol. The third-order valence-electron chi connectivity index (χ3n) is 7.79. The van der Waals surface area contributed by atoms with Gasteiger partial charge in [0.2, 0.25) is 10.0 Å². The van der Waals surface area contributed by atoms with Crippen LogP contribution in [0.5, 0.6) is 5.75 Å². The Kier molecular flexibility index (Phi) is 5.07. The predicted octanol–water partition coefficient (Wildman–Crippen LogP) is 4.23. The van der Waals surface area contributed by atoms with Gasteiger partial charge in [-0.1, -0.05) is 6.42 Å². The number of carbonyl (C=O) groups excluding carboxylic acids is 1. The number of fused-ring (bicyclic) bond motifs is 2. The van der Waals surface area contributed by atoms with Crippen molar-refractivity contribution in [1.29, 1.82) is 0 Å². The maximum Gasteiger partial charge on any atom is 0.267 e. The zero-order chi connectivity index (χ0) is 21.0. The molecule has 4 aliphatic carbocycles. The summed E-state index contributed by atoms with van der Waals surface area (Å²) in [7, 11) is -3.75. The highest BCUT2D eigenvalue weighted by Gasteiger charge is 2.45. The van der Waals surface area contributed by atoms with Gasteiger partial charge in [-0.05, 0) is 92.1 Å². The van der Waals surface area contributed by atoms with Crippen LogP contribution in [0.4, 0.5) is 4.39 Å². The molecule has 0 spiro atoms. The second-order valence-corrected chi connectivity index (χ2v) is 11.8. The van der Waals surface area contributed by atoms with Gasteiger partial charge in [0.1, 0.15) is 11.6 Å². The van der Waals surface area contributed by atoms with Gasteiger partial charge >= 0.3 is 0 Å². The van der Waals surface area contributed by atoms with Crippen LogP contribution in [-0.4, -0.2) is 27.2 Å². The van der Waals surface area contributed by atoms with E-state index in [0.29, 0.717) is 18.3 Å². The molecule has 5 atom stereocenters. The lowest BCUT2D eigenvalue weighted by atomic mass is 9.54. The number of amides is 1. The normalized spacial score (nSPS) is 32.7. The number of hydrogen-bond acceptors (Lipinski definition) is 4. The molecule has 5 unspecified atom stereocenters. The minimum Gasteiger partial charge on any atom is -0.493 e. The molecule has 4 aliphatic rings. The Labute approximate surface area is 177 Å². The molecule has 1 amide bonds. The first-order valence-electron chi connectivity index (χ1n) is 11.2. The fourth-order valence-electron chi connectivity index (χ4n) is 6.48. The van der Waals surface area contributed by atoms with E-state index in [-0.39, 0.29) is 11.5 Å². The lowest BCUT2D eigenvalue weighted by Gasteiger charge is -2.52. The molecular formula is C23H30FNO4S. The highest BCUT2D eigenvalue weighted by molar-refractivity contribution is 7.89. The minimum absolute atomic E-state index is 0.236. The molecule has 164 valence electrons. The van der Waals surface area contributed by atoms with Crippen molar-refractivity contribution in [3.8, 4) is 5.75 Å². The van der Waals surface area contributed by atoms with Gasteiger partial charge in [-0.15, -0.1) is 0 Å². The van der Waals surface area contributed by atoms with Crippen molar-refractivity contribution in [2.75, 3.05) is 12.9 Å². The zero-order valence-electron chi connectivity index (χ0n) is 17.4. The van der Waals surface area contributed by atoms with Crippen LogP contribution in [0.15, 0.2) is 12.1 Å². The SMILES string of the molecule is CS(=O)(=O)NC(=O)c1cc(C2CC2)c(OCC2CC3CC4CCC2C(C4)C3)cc1F. The van der Waals surface area contributed by atoms with Crippen LogP contribution < -0.4 is 9.46 Å². The van der Waals surface area contributed by atoms with Gasteiger partial charge in [0.05, 0.1) is 18.4 Å². The number of halogens is 1. The minimum atomic E-state index is -3.75. The fourth-order valence-corrected chi connectivity index (χ4v) is 6.92. The second kappa shape index (κ2) is 7.50. The third-order valence-corrected chi connectivity index (χ3v) is 8.34. The standard InChI is InChI=1S/C23H30FNO4S/c1-30(27,28)25-23(26)20-10-19(15-3-4-15)22(11-21(20)24)29-12-17-9-14-6-13-2-5-18(17)16(7-13)8-14/h10-11,13-18H,2-9,12H2,1H3,(H,25,26). The Balaban J connectivity index is 1.34. The van der Waals surface area contributed by atoms with E-state index in [4.69, 9.17) is 4.74 Å². The van der Waals surface area contributed by atoms with Crippen molar-refractivity contribution in [3.05, 3.63) is 29.1 Å². The van der Waals surface area contributed by atoms with Gasteiger partial charge < -0.3 is 4.74 Å². The molecule has 3 bridgehead atoms. The van der Waals surface area contributed by atoms with E-state index in [1.54, 1.807) is 0 Å². The summed E-state index contributed by atoms with van der Waals surface area (Å²) in [5.74, 6) is 2.96. The summed E-state index contributed by atoms with van der Waals surface area (Å²) in [6.45, 7) is 0.608. The molecule has 5 nitrogen and oxygen atoms in total. The maximum atomic E-state index is 14.7. The summed E-state index contributed by atoms with van der Waals surface area (Å²) in [6, 6.07) is 2.77. The largest absolute Gasteiger partial charge is 0.493 e. The van der Waals surface area contributed by atoms with Gasteiger partial charge in [-0.2, -0.15) is 0 Å². The van der Waals surface area contributed by atoms with E-state index in [0.717, 1.165) is 48.3 Å². The lowest BCUT2D eigenvalue weighted by Crippen LogP contribution is -2.44. The molecule has 1 aromatic rings. The molecule has 7 heteroatoms. The average Bonchev–Trinajstić information content (AvgIpc) is 3.48. The Morgan fingerprint density at radius 1 is 1.10 bits per heavy atom. The van der Waals surface area contributed by atoms with Crippen molar-refractivity contribution in [2.24, 2.45) is 29.6 Å². The van der Waals surface area contributed by atoms with Gasteiger partial charge in [-0.3, -0.25) is 4.79 Å². The molecule has 0 saturated heterocycles. The summed E-state index contributed by atoms with van der Waals surface area (Å²) in [5.41, 5.74) is 0.593. The summed E-state index contributed by atoms with van der Waals surface area (Å²) < 4.78 is 45.5. The molecule has 0 heterocycles. The fraction of sp³-hybridized carbons (Fsp3) is 0.696. The molecular weight excluding hydrogens is 405 g/mol. The number of ether oxygens (including phenoxy) is 1. The van der Waals surface area contributed by atoms with E-state index in [9.17, 15) is 17.6 Å². The van der Waals surface area contributed by atoms with Crippen molar-refractivity contribution < 1.29 is 22.3 Å². The molecule has 0 aliphatic heterocycles. The van der Waals surface area contributed by atoms with Crippen LogP contribution in [0.3, 0.4) is 0 Å². The summed E-state index contributed by atoms with van der Waals surface area (Å²) in [5, 5.41) is 0. The van der Waals surface area contributed by atoms with Gasteiger partial charge in [0.25, 0.3) is 5.91 Å². The molecule has 0 aromatic heterocycles. The van der Waals surface area contributed by atoms with E-state index in [1.165, 1.54) is 50.7 Å². The first kappa shape index (κ1) is 20.3. The summed E-state index contributed by atoms with van der Waals surface area (Å²) in [4.78, 5) is 12.2. The van der Waals surface area contributed by atoms with E-state index >= 15 is 0 Å². The number of benzene rings is 1. The third kappa shape index (κ3) is 4.10. The van der Waals surface area contributed by atoms with Crippen LogP contribution in [0.1, 0.15) is 73.2 Å². The van der Waals surface area contributed by atoms with Crippen molar-refractivity contribution in [2.45, 2.75) is 57.3 Å². The van der Waals surface area contributed by atoms with Crippen LogP contribution >= 0.6 is 0 Å². The van der Waals surface area contributed by atoms with Gasteiger partial charge in [0, 0.05) is 6.07 Å². The second-order valence-electron chi connectivity index (χ2n) is 10.1. The molecule has 4 saturated carbocycles. The Hall–Kier alpha value is -1.63. The number of rotatable bonds is 6. The van der Waals surface area contributed by atoms with E-state index < -0.39 is 21.7 Å². The molecule has 0 radical (unpaired) electrons. The van der Waals surface area contributed by atoms with E-state index in [1.807, 2.05) is 4.72 Å². The van der Waals surface area contributed by atoms with E-state index in [2.05, 4.69) is 0 Å². The van der Waals surface area contributed by atoms with Crippen molar-refractivity contribution >= 4 is 15.9 Å². The van der Waals surface area contributed by atoms with Gasteiger partial charge in [-0.25, -0.2) is 17.5 Å². The molecule has 1 N–H and O–H groups in total. The van der Waals surface area contributed by atoms with Crippen molar-refractivity contribution in [1.82, 2.24) is 4.72 Å². The zero-order valence-corrected chi connectivity index (χ0v) is 18.2. The first-order chi connectivity index (χ1) is 14.3. The number of sulfonamides is 1. The quantitative estimate of drug-likeness (QED) is 0.726. The summed E-state index contributed by atoms with van der Waals surface area (Å²) in [6.07, 6.45) is 10.8. The summed E-state index contributed by atoms with van der Waals surface area (Å²) >= 11 is 0. The Morgan fingerprint density at radius 3 is 2.60 bits per heavy atom. The topological polar surface area (TPSA) is 72.5 Å². The first-order valence-corrected chi connectivity index (χ1v) is 13.1. The highest BCUT2D eigenvalue weighted by Crippen LogP contribution is 2.54. The average molecular weight is 436 g/mol. The maximum absolute atomic E-state index is 14.7. The van der Waals surface area contributed by atoms with Gasteiger partial charge in [0.15, 0.2) is 0 Å². The molecule has 5 rings (SSSR count). The smallest absolute Gasteiger partial charge is 0.267 e. The molecule has 30 heavy (non-hydrogen) atoms. The number of nitrogens with one attached hydrogen (secondary N) is 1.